The van der Waals surface area contributed by atoms with Gasteiger partial charge in [-0.05, 0) is 19.1 Å². The van der Waals surface area contributed by atoms with Gasteiger partial charge in [-0.2, -0.15) is 0 Å². The van der Waals surface area contributed by atoms with E-state index in [2.05, 4.69) is 15.3 Å². The number of anilines is 1. The minimum atomic E-state index is -0.620. The van der Waals surface area contributed by atoms with Crippen LogP contribution in [0.25, 0.3) is 11.3 Å². The highest BCUT2D eigenvalue weighted by molar-refractivity contribution is 5.63. The fourth-order valence-electron chi connectivity index (χ4n) is 1.90. The first-order valence-electron chi connectivity index (χ1n) is 6.89. The molecule has 0 aliphatic carbocycles. The molecule has 1 N–H and O–H groups in total. The quantitative estimate of drug-likeness (QED) is 0.923. The van der Waals surface area contributed by atoms with E-state index >= 15 is 0 Å². The van der Waals surface area contributed by atoms with Gasteiger partial charge in [0.25, 0.3) is 0 Å². The van der Waals surface area contributed by atoms with E-state index in [0.29, 0.717) is 29.4 Å². The third-order valence-electron chi connectivity index (χ3n) is 2.91. The molecule has 112 valence electrons. The van der Waals surface area contributed by atoms with Crippen molar-refractivity contribution in [3.05, 3.63) is 41.7 Å². The van der Waals surface area contributed by atoms with Gasteiger partial charge in [0.05, 0.1) is 5.69 Å². The fourth-order valence-corrected chi connectivity index (χ4v) is 1.90. The van der Waals surface area contributed by atoms with Gasteiger partial charge in [0, 0.05) is 29.7 Å². The van der Waals surface area contributed by atoms with Crippen molar-refractivity contribution in [2.45, 2.75) is 33.1 Å². The van der Waals surface area contributed by atoms with Crippen molar-refractivity contribution in [2.24, 2.45) is 0 Å². The smallest absolute Gasteiger partial charge is 0.136 e. The molecule has 0 atom stereocenters. The van der Waals surface area contributed by atoms with Crippen LogP contribution in [0.4, 0.5) is 14.6 Å². The summed E-state index contributed by atoms with van der Waals surface area (Å²) in [5.41, 5.74) is 0.648. The lowest BCUT2D eigenvalue weighted by Gasteiger charge is -2.19. The molecule has 0 fully saturated rings. The van der Waals surface area contributed by atoms with E-state index in [9.17, 15) is 8.78 Å². The molecule has 0 aliphatic rings. The van der Waals surface area contributed by atoms with Crippen molar-refractivity contribution in [1.82, 2.24) is 9.97 Å². The lowest BCUT2D eigenvalue weighted by molar-refractivity contribution is 0.546. The van der Waals surface area contributed by atoms with E-state index in [1.54, 1.807) is 6.07 Å². The Morgan fingerprint density at radius 1 is 1.00 bits per heavy atom. The Morgan fingerprint density at radius 3 is 2.14 bits per heavy atom. The maximum Gasteiger partial charge on any atom is 0.136 e. The highest BCUT2D eigenvalue weighted by Crippen LogP contribution is 2.26. The first-order chi connectivity index (χ1) is 9.79. The number of aromatic nitrogens is 2. The number of nitrogens with zero attached hydrogens (tertiary/aromatic N) is 2. The van der Waals surface area contributed by atoms with Gasteiger partial charge in [0.1, 0.15) is 23.3 Å². The van der Waals surface area contributed by atoms with Crippen LogP contribution >= 0.6 is 0 Å². The second kappa shape index (κ2) is 5.76. The molecular weight excluding hydrogens is 272 g/mol. The van der Waals surface area contributed by atoms with Crippen molar-refractivity contribution in [1.29, 1.82) is 0 Å². The molecule has 0 aliphatic heterocycles. The molecule has 1 heterocycles. The van der Waals surface area contributed by atoms with Gasteiger partial charge in [-0.3, -0.25) is 0 Å². The first kappa shape index (κ1) is 15.4. The number of nitrogens with one attached hydrogen (secondary N) is 1. The molecule has 1 aromatic heterocycles. The van der Waals surface area contributed by atoms with E-state index in [0.717, 1.165) is 6.07 Å². The molecule has 1 aromatic carbocycles. The van der Waals surface area contributed by atoms with Crippen LogP contribution in [0.1, 0.15) is 33.5 Å². The van der Waals surface area contributed by atoms with E-state index in [4.69, 9.17) is 0 Å². The van der Waals surface area contributed by atoms with Crippen LogP contribution in [0.2, 0.25) is 0 Å². The van der Waals surface area contributed by atoms with E-state index < -0.39 is 11.6 Å². The Bertz CT molecular complexity index is 628. The standard InChI is InChI=1S/C16H19F2N3/c1-5-19-14-9-13(20-15(21-14)16(2,3)4)10-6-11(17)8-12(18)7-10/h6-9H,5H2,1-4H3,(H,19,20,21). The zero-order valence-electron chi connectivity index (χ0n) is 12.7. The Balaban J connectivity index is 2.59. The molecule has 5 heteroatoms. The molecule has 0 saturated carbocycles. The molecule has 0 unspecified atom stereocenters. The largest absolute Gasteiger partial charge is 0.370 e. The minimum absolute atomic E-state index is 0.258. The Hall–Kier alpha value is -2.04. The number of hydrogen-bond acceptors (Lipinski definition) is 3. The summed E-state index contributed by atoms with van der Waals surface area (Å²) in [5, 5.41) is 3.12. The minimum Gasteiger partial charge on any atom is -0.370 e. The van der Waals surface area contributed by atoms with Gasteiger partial charge >= 0.3 is 0 Å². The second-order valence-corrected chi connectivity index (χ2v) is 5.90. The van der Waals surface area contributed by atoms with Crippen LogP contribution < -0.4 is 5.32 Å². The summed E-state index contributed by atoms with van der Waals surface area (Å²) in [7, 11) is 0. The van der Waals surface area contributed by atoms with E-state index in [1.165, 1.54) is 12.1 Å². The molecule has 0 amide bonds. The predicted octanol–water partition coefficient (Wildman–Crippen LogP) is 4.15. The molecule has 21 heavy (non-hydrogen) atoms. The molecule has 2 aromatic rings. The van der Waals surface area contributed by atoms with E-state index in [1.807, 2.05) is 27.7 Å². The van der Waals surface area contributed by atoms with Crippen molar-refractivity contribution in [3.8, 4) is 11.3 Å². The maximum absolute atomic E-state index is 13.4. The number of benzene rings is 1. The zero-order chi connectivity index (χ0) is 15.6. The van der Waals surface area contributed by atoms with Crippen LogP contribution in [0.5, 0.6) is 0 Å². The van der Waals surface area contributed by atoms with Crippen LogP contribution in [0.3, 0.4) is 0 Å². The number of hydrogen-bond donors (Lipinski definition) is 1. The van der Waals surface area contributed by atoms with Gasteiger partial charge in [-0.1, -0.05) is 20.8 Å². The summed E-state index contributed by atoms with van der Waals surface area (Å²) >= 11 is 0. The van der Waals surface area contributed by atoms with Crippen molar-refractivity contribution in [2.75, 3.05) is 11.9 Å². The zero-order valence-corrected chi connectivity index (χ0v) is 12.7. The lowest BCUT2D eigenvalue weighted by atomic mass is 9.95. The highest BCUT2D eigenvalue weighted by atomic mass is 19.1. The fraction of sp³-hybridized carbons (Fsp3) is 0.375. The Morgan fingerprint density at radius 2 is 1.62 bits per heavy atom. The summed E-state index contributed by atoms with van der Waals surface area (Å²) < 4.78 is 26.8. The third kappa shape index (κ3) is 3.74. The SMILES string of the molecule is CCNc1cc(-c2cc(F)cc(F)c2)nc(C(C)(C)C)n1. The average molecular weight is 291 g/mol. The Labute approximate surface area is 123 Å². The van der Waals surface area contributed by atoms with Gasteiger partial charge in [0.15, 0.2) is 0 Å². The number of halogens is 2. The summed E-state index contributed by atoms with van der Waals surface area (Å²) in [6, 6.07) is 5.09. The molecule has 3 nitrogen and oxygen atoms in total. The van der Waals surface area contributed by atoms with Crippen molar-refractivity contribution >= 4 is 5.82 Å². The van der Waals surface area contributed by atoms with Gasteiger partial charge in [-0.15, -0.1) is 0 Å². The van der Waals surface area contributed by atoms with E-state index in [-0.39, 0.29) is 5.41 Å². The lowest BCUT2D eigenvalue weighted by Crippen LogP contribution is -2.17. The normalized spacial score (nSPS) is 11.5. The average Bonchev–Trinajstić information content (AvgIpc) is 2.36. The topological polar surface area (TPSA) is 37.8 Å². The highest BCUT2D eigenvalue weighted by Gasteiger charge is 2.19. The van der Waals surface area contributed by atoms with Crippen LogP contribution in [0, 0.1) is 11.6 Å². The molecular formula is C16H19F2N3. The third-order valence-corrected chi connectivity index (χ3v) is 2.91. The van der Waals surface area contributed by atoms with Crippen LogP contribution in [-0.4, -0.2) is 16.5 Å². The number of rotatable bonds is 3. The van der Waals surface area contributed by atoms with Gasteiger partial charge in [-0.25, -0.2) is 18.7 Å². The van der Waals surface area contributed by atoms with Gasteiger partial charge in [0.2, 0.25) is 0 Å². The van der Waals surface area contributed by atoms with Crippen molar-refractivity contribution < 1.29 is 8.78 Å². The summed E-state index contributed by atoms with van der Waals surface area (Å²) in [4.78, 5) is 8.91. The molecule has 0 spiro atoms. The van der Waals surface area contributed by atoms with Crippen LogP contribution in [0.15, 0.2) is 24.3 Å². The summed E-state index contributed by atoms with van der Waals surface area (Å²) in [5.74, 6) is 0.0366. The summed E-state index contributed by atoms with van der Waals surface area (Å²) in [6.45, 7) is 8.65. The first-order valence-corrected chi connectivity index (χ1v) is 6.89. The van der Waals surface area contributed by atoms with Crippen molar-refractivity contribution in [3.63, 3.8) is 0 Å². The summed E-state index contributed by atoms with van der Waals surface area (Å²) in [6.07, 6.45) is 0. The molecule has 0 bridgehead atoms. The molecule has 0 saturated heterocycles. The maximum atomic E-state index is 13.4. The van der Waals surface area contributed by atoms with Gasteiger partial charge < -0.3 is 5.32 Å². The monoisotopic (exact) mass is 291 g/mol. The Kier molecular flexibility index (Phi) is 4.21. The molecule has 2 rings (SSSR count). The predicted molar refractivity (Wildman–Crippen MR) is 80.2 cm³/mol. The molecule has 0 radical (unpaired) electrons. The second-order valence-electron chi connectivity index (χ2n) is 5.90. The van der Waals surface area contributed by atoms with Crippen LogP contribution in [-0.2, 0) is 5.41 Å².